The normalized spacial score (nSPS) is 29.4. The highest BCUT2D eigenvalue weighted by Crippen LogP contribution is 2.49. The van der Waals surface area contributed by atoms with Gasteiger partial charge < -0.3 is 47.5 Å². The van der Waals surface area contributed by atoms with Crippen LogP contribution < -0.4 is 9.47 Å². The van der Waals surface area contributed by atoms with E-state index in [1.807, 2.05) is 6.07 Å². The Morgan fingerprint density at radius 2 is 1.55 bits per heavy atom. The molecule has 0 bridgehead atoms. The molecule has 0 radical (unpaired) electrons. The quantitative estimate of drug-likeness (QED) is 0.148. The van der Waals surface area contributed by atoms with E-state index in [2.05, 4.69) is 6.58 Å². The Balaban J connectivity index is 1.48. The molecule has 0 saturated carbocycles. The van der Waals surface area contributed by atoms with Crippen LogP contribution in [0.4, 0.5) is 0 Å². The molecule has 0 N–H and O–H groups in total. The van der Waals surface area contributed by atoms with Crippen LogP contribution in [-0.2, 0) is 68.3 Å². The zero-order valence-corrected chi connectivity index (χ0v) is 29.1. The molecule has 276 valence electrons. The number of rotatable bonds is 10. The summed E-state index contributed by atoms with van der Waals surface area (Å²) in [6, 6.07) is 3.13. The number of nitrogens with zero attached hydrogens (tertiary/aromatic N) is 1. The number of amides is 1. The molecule has 0 aliphatic carbocycles. The number of hydrogen-bond donors (Lipinski definition) is 0. The minimum atomic E-state index is -1.52. The number of esters is 5. The first-order valence-electron chi connectivity index (χ1n) is 16.4. The van der Waals surface area contributed by atoms with Gasteiger partial charge in [0, 0.05) is 53.0 Å². The Hall–Kier alpha value is -4.96. The Morgan fingerprint density at radius 3 is 2.16 bits per heavy atom. The van der Waals surface area contributed by atoms with Gasteiger partial charge in [0.05, 0.1) is 25.0 Å². The first-order chi connectivity index (χ1) is 24.2. The van der Waals surface area contributed by atoms with Crippen molar-refractivity contribution in [2.24, 2.45) is 11.8 Å². The van der Waals surface area contributed by atoms with Crippen LogP contribution >= 0.6 is 0 Å². The lowest BCUT2D eigenvalue weighted by atomic mass is 9.73. The Morgan fingerprint density at radius 1 is 0.882 bits per heavy atom. The third kappa shape index (κ3) is 8.01. The van der Waals surface area contributed by atoms with E-state index < -0.39 is 91.3 Å². The molecule has 1 aromatic carbocycles. The van der Waals surface area contributed by atoms with E-state index in [4.69, 9.17) is 42.6 Å². The fraction of sp³-hybridized carbons (Fsp3) is 0.543. The van der Waals surface area contributed by atoms with Gasteiger partial charge >= 0.3 is 29.8 Å². The molecule has 16 nitrogen and oxygen atoms in total. The largest absolute Gasteiger partial charge is 0.493 e. The fourth-order valence-corrected chi connectivity index (χ4v) is 7.04. The van der Waals surface area contributed by atoms with Crippen molar-refractivity contribution in [3.8, 4) is 11.5 Å². The van der Waals surface area contributed by atoms with Gasteiger partial charge in [-0.3, -0.25) is 28.8 Å². The maximum atomic E-state index is 13.9. The lowest BCUT2D eigenvalue weighted by molar-refractivity contribution is -0.342. The highest BCUT2D eigenvalue weighted by atomic mass is 16.8. The smallest absolute Gasteiger partial charge is 0.308 e. The van der Waals surface area contributed by atoms with Gasteiger partial charge in [0.2, 0.25) is 12.6 Å². The van der Waals surface area contributed by atoms with E-state index >= 15 is 0 Å². The van der Waals surface area contributed by atoms with E-state index in [0.717, 1.165) is 31.9 Å². The highest BCUT2D eigenvalue weighted by Gasteiger charge is 2.55. The highest BCUT2D eigenvalue weighted by molar-refractivity contribution is 5.95. The zero-order chi connectivity index (χ0) is 37.1. The Labute approximate surface area is 293 Å². The number of hydrogen-bond acceptors (Lipinski definition) is 15. The van der Waals surface area contributed by atoms with Crippen LogP contribution in [0.5, 0.6) is 11.5 Å². The van der Waals surface area contributed by atoms with Crippen molar-refractivity contribution < 1.29 is 71.4 Å². The molecule has 16 heteroatoms. The maximum Gasteiger partial charge on any atom is 0.308 e. The molecule has 4 heterocycles. The number of carbonyl (C=O) groups excluding carboxylic acids is 6. The molecule has 5 rings (SSSR count). The number of fused-ring (bicyclic) bond motifs is 4. The van der Waals surface area contributed by atoms with E-state index in [1.165, 1.54) is 27.2 Å². The summed E-state index contributed by atoms with van der Waals surface area (Å²) < 4.78 is 51.0. The van der Waals surface area contributed by atoms with Crippen LogP contribution in [0, 0.1) is 11.8 Å². The summed E-state index contributed by atoms with van der Waals surface area (Å²) in [7, 11) is 1.48. The molecule has 2 fully saturated rings. The second-order valence-electron chi connectivity index (χ2n) is 12.5. The number of ether oxygens (including phenoxy) is 9. The van der Waals surface area contributed by atoms with Gasteiger partial charge in [0.15, 0.2) is 29.8 Å². The van der Waals surface area contributed by atoms with Crippen molar-refractivity contribution in [3.05, 3.63) is 47.7 Å². The Kier molecular flexibility index (Phi) is 11.3. The topological polar surface area (TPSA) is 189 Å². The Bertz CT molecular complexity index is 1620. The van der Waals surface area contributed by atoms with Crippen molar-refractivity contribution in [1.82, 2.24) is 4.90 Å². The maximum absolute atomic E-state index is 13.9. The van der Waals surface area contributed by atoms with Crippen LogP contribution in [0.25, 0.3) is 0 Å². The summed E-state index contributed by atoms with van der Waals surface area (Å²) in [5, 5.41) is 0. The monoisotopic (exact) mass is 715 g/mol. The summed E-state index contributed by atoms with van der Waals surface area (Å²) in [6.45, 7) is 9.80. The van der Waals surface area contributed by atoms with E-state index in [9.17, 15) is 28.8 Å². The third-order valence-electron chi connectivity index (χ3n) is 9.02. The van der Waals surface area contributed by atoms with Gasteiger partial charge in [-0.2, -0.15) is 0 Å². The number of methoxy groups -OCH3 is 1. The molecular formula is C35H41NO15. The molecule has 0 unspecified atom stereocenters. The van der Waals surface area contributed by atoms with Gasteiger partial charge in [0.25, 0.3) is 5.91 Å². The molecule has 51 heavy (non-hydrogen) atoms. The molecule has 4 aliphatic heterocycles. The number of piperidine rings is 1. The van der Waals surface area contributed by atoms with Crippen molar-refractivity contribution in [3.63, 3.8) is 0 Å². The number of benzene rings is 1. The minimum Gasteiger partial charge on any atom is -0.493 e. The predicted octanol–water partition coefficient (Wildman–Crippen LogP) is 2.21. The second kappa shape index (κ2) is 15.5. The molecule has 0 spiro atoms. The summed E-state index contributed by atoms with van der Waals surface area (Å²) in [6.07, 6.45) is -4.35. The van der Waals surface area contributed by atoms with E-state index in [1.54, 1.807) is 17.0 Å². The fourth-order valence-electron chi connectivity index (χ4n) is 7.04. The number of carbonyl (C=O) groups is 6. The van der Waals surface area contributed by atoms with Crippen molar-refractivity contribution in [1.29, 1.82) is 0 Å². The van der Waals surface area contributed by atoms with Crippen LogP contribution in [0.2, 0.25) is 0 Å². The molecule has 1 amide bonds. The first kappa shape index (κ1) is 37.3. The molecule has 4 aliphatic rings. The summed E-state index contributed by atoms with van der Waals surface area (Å²) in [5.74, 6) is -4.31. The lowest BCUT2D eigenvalue weighted by Crippen LogP contribution is -2.63. The van der Waals surface area contributed by atoms with Gasteiger partial charge in [0.1, 0.15) is 12.7 Å². The zero-order valence-electron chi connectivity index (χ0n) is 29.1. The lowest BCUT2D eigenvalue weighted by Gasteiger charge is -2.49. The van der Waals surface area contributed by atoms with Gasteiger partial charge in [-0.25, -0.2) is 0 Å². The second-order valence-corrected chi connectivity index (χ2v) is 12.5. The van der Waals surface area contributed by atoms with Gasteiger partial charge in [-0.05, 0) is 36.1 Å². The average Bonchev–Trinajstić information content (AvgIpc) is 3.05. The molecule has 0 aromatic heterocycles. The van der Waals surface area contributed by atoms with Crippen LogP contribution in [0.3, 0.4) is 0 Å². The van der Waals surface area contributed by atoms with E-state index in [0.29, 0.717) is 30.7 Å². The molecule has 1 aromatic rings. The van der Waals surface area contributed by atoms with Crippen molar-refractivity contribution >= 4 is 35.8 Å². The summed E-state index contributed by atoms with van der Waals surface area (Å²) in [4.78, 5) is 76.0. The van der Waals surface area contributed by atoms with Crippen LogP contribution in [0.15, 0.2) is 36.6 Å². The van der Waals surface area contributed by atoms with Gasteiger partial charge in [-0.1, -0.05) is 6.08 Å². The molecule has 2 saturated heterocycles. The minimum absolute atomic E-state index is 0.233. The summed E-state index contributed by atoms with van der Waals surface area (Å²) in [5.41, 5.74) is 2.14. The van der Waals surface area contributed by atoms with Crippen molar-refractivity contribution in [2.45, 2.75) is 90.5 Å². The predicted molar refractivity (Wildman–Crippen MR) is 170 cm³/mol. The first-order valence-corrected chi connectivity index (χ1v) is 16.4. The standard InChI is InChI=1S/C35H41NO15/c1-8-22-24-12-26-23-13-28(46-17(3)38)27(43-7)11-21(23)9-10-36(26)33(42)25(24)14-45-34(22)51-35-32(49-20(6)41)31(48-19(5)40)30(47-18(4)39)29(50-35)15-44-16(2)37/h8,11,13-14,22,24,26,29-32,34-35H,1,9-10,12,15H2,2-7H3/t22-,24+,26-,29-,30-,31+,32-,34+,35+/m1/s1. The average molecular weight is 716 g/mol. The SMILES string of the molecule is C=C[C@H]1[C@H](O[C@@H]2O[C@H](COC(C)=O)[C@@H](OC(C)=O)[C@H](OC(C)=O)[C@H]2OC(C)=O)OC=C2C(=O)N3CCc4cc(OC)c(OC(C)=O)cc4[C@H]3C[C@H]21. The molecular weight excluding hydrogens is 674 g/mol. The molecule has 9 atom stereocenters. The van der Waals surface area contributed by atoms with Gasteiger partial charge in [-0.15, -0.1) is 6.58 Å². The van der Waals surface area contributed by atoms with Crippen molar-refractivity contribution in [2.75, 3.05) is 20.3 Å². The van der Waals surface area contributed by atoms with Crippen LogP contribution in [0.1, 0.15) is 58.2 Å². The summed E-state index contributed by atoms with van der Waals surface area (Å²) >= 11 is 0. The van der Waals surface area contributed by atoms with Crippen LogP contribution in [-0.4, -0.2) is 97.9 Å². The van der Waals surface area contributed by atoms with E-state index in [-0.39, 0.29) is 11.7 Å². The third-order valence-corrected chi connectivity index (χ3v) is 9.02.